The number of amides is 1. The summed E-state index contributed by atoms with van der Waals surface area (Å²) in [7, 11) is 0. The van der Waals surface area contributed by atoms with E-state index in [4.69, 9.17) is 0 Å². The average Bonchev–Trinajstić information content (AvgIpc) is 3.39. The highest BCUT2D eigenvalue weighted by Crippen LogP contribution is 2.17. The molecule has 0 radical (unpaired) electrons. The van der Waals surface area contributed by atoms with E-state index in [1.165, 1.54) is 15.4 Å². The molecule has 0 aliphatic carbocycles. The molecule has 27 heavy (non-hydrogen) atoms. The second kappa shape index (κ2) is 5.66. The van der Waals surface area contributed by atoms with E-state index in [0.717, 1.165) is 5.82 Å². The Morgan fingerprint density at radius 1 is 1.26 bits per heavy atom. The van der Waals surface area contributed by atoms with Gasteiger partial charge in [-0.15, -0.1) is 5.10 Å². The number of hydrogen-bond acceptors (Lipinski definition) is 5. The van der Waals surface area contributed by atoms with Crippen LogP contribution in [-0.2, 0) is 13.1 Å². The topological polar surface area (TPSA) is 106 Å². The van der Waals surface area contributed by atoms with Crippen LogP contribution in [0.3, 0.4) is 0 Å². The summed E-state index contributed by atoms with van der Waals surface area (Å²) >= 11 is 0. The third kappa shape index (κ3) is 2.37. The van der Waals surface area contributed by atoms with Crippen molar-refractivity contribution in [3.8, 4) is 5.95 Å². The number of nitrogens with zero attached hydrogens (tertiary/aromatic N) is 7. The maximum atomic E-state index is 13.0. The molecule has 1 aliphatic heterocycles. The lowest BCUT2D eigenvalue weighted by atomic mass is 10.2. The number of carbonyl (C=O) groups excluding carboxylic acids is 1. The normalized spacial score (nSPS) is 13.9. The maximum Gasteiger partial charge on any atom is 0.276 e. The zero-order valence-electron chi connectivity index (χ0n) is 14.5. The fourth-order valence-electron chi connectivity index (χ4n) is 3.38. The third-order valence-corrected chi connectivity index (χ3v) is 4.86. The van der Waals surface area contributed by atoms with Crippen LogP contribution >= 0.6 is 0 Å². The van der Waals surface area contributed by atoms with Gasteiger partial charge in [-0.05, 0) is 19.1 Å². The highest BCUT2D eigenvalue weighted by molar-refractivity contribution is 5.95. The van der Waals surface area contributed by atoms with E-state index in [1.54, 1.807) is 36.4 Å². The second-order valence-corrected chi connectivity index (χ2v) is 6.43. The van der Waals surface area contributed by atoms with Gasteiger partial charge in [0.05, 0.1) is 24.0 Å². The zero-order chi connectivity index (χ0) is 18.5. The van der Waals surface area contributed by atoms with Crippen LogP contribution in [0.4, 0.5) is 0 Å². The minimum absolute atomic E-state index is 0.114. The Morgan fingerprint density at radius 3 is 3.04 bits per heavy atom. The van der Waals surface area contributed by atoms with Gasteiger partial charge in [0.1, 0.15) is 11.3 Å². The smallest absolute Gasteiger partial charge is 0.276 e. The summed E-state index contributed by atoms with van der Waals surface area (Å²) in [6, 6.07) is 3.42. The molecule has 5 rings (SSSR count). The first-order valence-electron chi connectivity index (χ1n) is 8.54. The summed E-state index contributed by atoms with van der Waals surface area (Å²) in [5, 5.41) is 8.63. The van der Waals surface area contributed by atoms with Gasteiger partial charge in [-0.1, -0.05) is 0 Å². The predicted octanol–water partition coefficient (Wildman–Crippen LogP) is 0.369. The molecule has 1 aliphatic rings. The van der Waals surface area contributed by atoms with Crippen LogP contribution < -0.4 is 5.56 Å². The number of aromatic nitrogens is 7. The van der Waals surface area contributed by atoms with Gasteiger partial charge in [0.2, 0.25) is 5.95 Å². The molecule has 0 saturated carbocycles. The summed E-state index contributed by atoms with van der Waals surface area (Å²) in [5.74, 6) is 1.01. The minimum atomic E-state index is -0.268. The molecule has 0 unspecified atom stereocenters. The van der Waals surface area contributed by atoms with Gasteiger partial charge in [0.25, 0.3) is 11.5 Å². The molecule has 136 valence electrons. The summed E-state index contributed by atoms with van der Waals surface area (Å²) < 4.78 is 5.00. The molecule has 10 heteroatoms. The summed E-state index contributed by atoms with van der Waals surface area (Å²) in [6.45, 7) is 3.57. The quantitative estimate of drug-likeness (QED) is 0.553. The Kier molecular flexibility index (Phi) is 3.26. The van der Waals surface area contributed by atoms with Gasteiger partial charge in [0, 0.05) is 31.7 Å². The molecular formula is C17H16N8O2. The lowest BCUT2D eigenvalue weighted by molar-refractivity contribution is 0.0706. The molecule has 0 bridgehead atoms. The highest BCUT2D eigenvalue weighted by Gasteiger charge is 2.25. The number of rotatable bonds is 2. The summed E-state index contributed by atoms with van der Waals surface area (Å²) in [5.41, 5.74) is 1.27. The molecule has 0 saturated heterocycles. The number of H-pyrrole nitrogens is 1. The Bertz CT molecular complexity index is 1230. The Labute approximate surface area is 152 Å². The van der Waals surface area contributed by atoms with Crippen molar-refractivity contribution in [1.29, 1.82) is 0 Å². The van der Waals surface area contributed by atoms with Crippen molar-refractivity contribution in [3.63, 3.8) is 0 Å². The van der Waals surface area contributed by atoms with Gasteiger partial charge in [-0.3, -0.25) is 14.6 Å². The van der Waals surface area contributed by atoms with Gasteiger partial charge in [-0.25, -0.2) is 14.2 Å². The van der Waals surface area contributed by atoms with E-state index in [-0.39, 0.29) is 17.4 Å². The van der Waals surface area contributed by atoms with Gasteiger partial charge < -0.3 is 9.47 Å². The zero-order valence-corrected chi connectivity index (χ0v) is 14.5. The van der Waals surface area contributed by atoms with Crippen molar-refractivity contribution in [3.05, 3.63) is 64.4 Å². The summed E-state index contributed by atoms with van der Waals surface area (Å²) in [4.78, 5) is 33.9. The number of carbonyl (C=O) groups is 1. The van der Waals surface area contributed by atoms with Crippen molar-refractivity contribution in [1.82, 2.24) is 38.8 Å². The fourth-order valence-corrected chi connectivity index (χ4v) is 3.38. The maximum absolute atomic E-state index is 13.0. The minimum Gasteiger partial charge on any atom is -0.332 e. The van der Waals surface area contributed by atoms with Gasteiger partial charge >= 0.3 is 0 Å². The van der Waals surface area contributed by atoms with Gasteiger partial charge in [-0.2, -0.15) is 5.10 Å². The molecular weight excluding hydrogens is 348 g/mol. The number of aromatic amines is 1. The predicted molar refractivity (Wildman–Crippen MR) is 94.6 cm³/mol. The first-order valence-corrected chi connectivity index (χ1v) is 8.54. The van der Waals surface area contributed by atoms with Crippen molar-refractivity contribution in [2.24, 2.45) is 0 Å². The molecule has 0 atom stereocenters. The molecule has 4 aromatic rings. The van der Waals surface area contributed by atoms with Crippen molar-refractivity contribution >= 4 is 11.4 Å². The van der Waals surface area contributed by atoms with Crippen LogP contribution in [0, 0.1) is 6.92 Å². The Hall–Kier alpha value is -3.69. The monoisotopic (exact) mass is 364 g/mol. The Morgan fingerprint density at radius 2 is 2.15 bits per heavy atom. The first-order chi connectivity index (χ1) is 13.1. The molecule has 0 fully saturated rings. The Balaban J connectivity index is 1.49. The number of fused-ring (bicyclic) bond motifs is 2. The molecule has 0 spiro atoms. The van der Waals surface area contributed by atoms with E-state index in [1.807, 2.05) is 10.8 Å². The van der Waals surface area contributed by atoms with E-state index in [2.05, 4.69) is 20.2 Å². The standard InChI is InChI=1S/C17H16N8O2/c1-11-12(16(27)23-8-7-22-6-4-18-14(22)10-23)9-19-25(11)17-20-15(26)13-3-2-5-24(13)21-17/h2-6,9H,7-8,10H2,1H3,(H,20,21,26). The number of imidazole rings is 1. The average molecular weight is 364 g/mol. The summed E-state index contributed by atoms with van der Waals surface area (Å²) in [6.07, 6.45) is 6.86. The number of hydrogen-bond donors (Lipinski definition) is 1. The number of nitrogens with one attached hydrogen (secondary N) is 1. The molecule has 0 aromatic carbocycles. The second-order valence-electron chi connectivity index (χ2n) is 6.43. The molecule has 1 N–H and O–H groups in total. The first kappa shape index (κ1) is 15.6. The van der Waals surface area contributed by atoms with Crippen molar-refractivity contribution < 1.29 is 4.79 Å². The van der Waals surface area contributed by atoms with Crippen LogP contribution in [0.2, 0.25) is 0 Å². The molecule has 5 heterocycles. The lowest BCUT2D eigenvalue weighted by Gasteiger charge is -2.27. The van der Waals surface area contributed by atoms with E-state index in [0.29, 0.717) is 36.4 Å². The molecule has 4 aromatic heterocycles. The van der Waals surface area contributed by atoms with E-state index in [9.17, 15) is 9.59 Å². The van der Waals surface area contributed by atoms with Crippen LogP contribution in [0.5, 0.6) is 0 Å². The van der Waals surface area contributed by atoms with Crippen molar-refractivity contribution in [2.45, 2.75) is 20.0 Å². The van der Waals surface area contributed by atoms with Crippen LogP contribution in [0.15, 0.2) is 41.7 Å². The molecule has 10 nitrogen and oxygen atoms in total. The third-order valence-electron chi connectivity index (χ3n) is 4.86. The van der Waals surface area contributed by atoms with Crippen LogP contribution in [-0.4, -0.2) is 51.3 Å². The van der Waals surface area contributed by atoms with Crippen LogP contribution in [0.1, 0.15) is 21.9 Å². The fraction of sp³-hybridized carbons (Fsp3) is 0.235. The van der Waals surface area contributed by atoms with Gasteiger partial charge in [0.15, 0.2) is 0 Å². The highest BCUT2D eigenvalue weighted by atomic mass is 16.2. The van der Waals surface area contributed by atoms with Crippen molar-refractivity contribution in [2.75, 3.05) is 6.54 Å². The van der Waals surface area contributed by atoms with Crippen LogP contribution in [0.25, 0.3) is 11.5 Å². The van der Waals surface area contributed by atoms with E-state index >= 15 is 0 Å². The SMILES string of the molecule is Cc1c(C(=O)N2CCn3ccnc3C2)cnn1-c1nn2cccc2c(=O)[nH]1. The molecule has 1 amide bonds. The largest absolute Gasteiger partial charge is 0.332 e. The lowest BCUT2D eigenvalue weighted by Crippen LogP contribution is -2.38. The van der Waals surface area contributed by atoms with E-state index < -0.39 is 0 Å².